The van der Waals surface area contributed by atoms with Gasteiger partial charge >= 0.3 is 0 Å². The number of carbonyl (C=O) groups is 1. The third-order valence-corrected chi connectivity index (χ3v) is 4.39. The molecule has 2 aromatic heterocycles. The van der Waals surface area contributed by atoms with Gasteiger partial charge in [-0.05, 0) is 42.8 Å². The molecular formula is C21H16F2N4O. The number of nitrogens with zero attached hydrogens (tertiary/aromatic N) is 3. The van der Waals surface area contributed by atoms with Gasteiger partial charge in [0.2, 0.25) is 0 Å². The fourth-order valence-electron chi connectivity index (χ4n) is 3.07. The first-order chi connectivity index (χ1) is 13.5. The lowest BCUT2D eigenvalue weighted by atomic mass is 10.1. The average molecular weight is 378 g/mol. The minimum Gasteiger partial charge on any atom is -0.348 e. The van der Waals surface area contributed by atoms with Gasteiger partial charge < -0.3 is 9.88 Å². The van der Waals surface area contributed by atoms with E-state index in [1.165, 1.54) is 30.6 Å². The van der Waals surface area contributed by atoms with E-state index in [4.69, 9.17) is 0 Å². The zero-order chi connectivity index (χ0) is 19.7. The van der Waals surface area contributed by atoms with Crippen molar-refractivity contribution < 1.29 is 13.6 Å². The van der Waals surface area contributed by atoms with Gasteiger partial charge in [0.05, 0.1) is 23.1 Å². The number of aromatic nitrogens is 3. The number of nitrogens with one attached hydrogen (secondary N) is 1. The predicted molar refractivity (Wildman–Crippen MR) is 101 cm³/mol. The van der Waals surface area contributed by atoms with Crippen LogP contribution >= 0.6 is 0 Å². The van der Waals surface area contributed by atoms with Crippen LogP contribution in [0.4, 0.5) is 8.78 Å². The zero-order valence-electron chi connectivity index (χ0n) is 15.0. The summed E-state index contributed by atoms with van der Waals surface area (Å²) in [6.45, 7) is 1.90. The van der Waals surface area contributed by atoms with Crippen molar-refractivity contribution in [3.63, 3.8) is 0 Å². The molecule has 0 unspecified atom stereocenters. The van der Waals surface area contributed by atoms with Crippen LogP contribution in [0.2, 0.25) is 0 Å². The maximum atomic E-state index is 14.4. The summed E-state index contributed by atoms with van der Waals surface area (Å²) in [7, 11) is 0. The van der Waals surface area contributed by atoms with Gasteiger partial charge in [-0.15, -0.1) is 0 Å². The molecule has 0 spiro atoms. The van der Waals surface area contributed by atoms with E-state index in [9.17, 15) is 13.6 Å². The molecule has 0 fully saturated rings. The van der Waals surface area contributed by atoms with Crippen molar-refractivity contribution >= 4 is 16.8 Å². The molecule has 4 rings (SSSR count). The fraction of sp³-hybridized carbons (Fsp3) is 0.0952. The van der Waals surface area contributed by atoms with Gasteiger partial charge in [-0.3, -0.25) is 9.78 Å². The van der Waals surface area contributed by atoms with Crippen molar-refractivity contribution in [2.45, 2.75) is 13.5 Å². The highest BCUT2D eigenvalue weighted by atomic mass is 19.1. The van der Waals surface area contributed by atoms with Crippen molar-refractivity contribution in [3.8, 4) is 5.69 Å². The second-order valence-corrected chi connectivity index (χ2v) is 6.41. The average Bonchev–Trinajstić information content (AvgIpc) is 3.19. The molecule has 140 valence electrons. The second kappa shape index (κ2) is 7.19. The van der Waals surface area contributed by atoms with Crippen LogP contribution in [0.5, 0.6) is 0 Å². The lowest BCUT2D eigenvalue weighted by molar-refractivity contribution is 0.0952. The molecule has 0 radical (unpaired) electrons. The number of carbonyl (C=O) groups excluding carboxylic acids is 1. The van der Waals surface area contributed by atoms with Crippen molar-refractivity contribution in [3.05, 3.63) is 89.6 Å². The molecule has 1 N–H and O–H groups in total. The van der Waals surface area contributed by atoms with Crippen molar-refractivity contribution in [2.75, 3.05) is 0 Å². The Bertz CT molecular complexity index is 1170. The molecule has 0 bridgehead atoms. The third-order valence-electron chi connectivity index (χ3n) is 4.39. The Kier molecular flexibility index (Phi) is 4.57. The first kappa shape index (κ1) is 17.8. The van der Waals surface area contributed by atoms with Gasteiger partial charge in [0.25, 0.3) is 5.91 Å². The van der Waals surface area contributed by atoms with Crippen LogP contribution in [0.3, 0.4) is 0 Å². The van der Waals surface area contributed by atoms with Crippen LogP contribution < -0.4 is 5.32 Å². The number of hydrogen-bond acceptors (Lipinski definition) is 3. The van der Waals surface area contributed by atoms with Crippen LogP contribution in [-0.4, -0.2) is 20.4 Å². The summed E-state index contributed by atoms with van der Waals surface area (Å²) in [5.41, 5.74) is 2.43. The van der Waals surface area contributed by atoms with Crippen molar-refractivity contribution in [1.82, 2.24) is 19.9 Å². The number of pyridine rings is 1. The quantitative estimate of drug-likeness (QED) is 0.585. The van der Waals surface area contributed by atoms with E-state index < -0.39 is 11.6 Å². The minimum absolute atomic E-state index is 0.157. The van der Waals surface area contributed by atoms with Gasteiger partial charge in [0.1, 0.15) is 11.6 Å². The number of hydrogen-bond donors (Lipinski definition) is 1. The van der Waals surface area contributed by atoms with Crippen LogP contribution in [0.1, 0.15) is 21.6 Å². The smallest absolute Gasteiger partial charge is 0.252 e. The summed E-state index contributed by atoms with van der Waals surface area (Å²) in [6.07, 6.45) is 4.74. The maximum absolute atomic E-state index is 14.4. The Morgan fingerprint density at radius 2 is 2.00 bits per heavy atom. The van der Waals surface area contributed by atoms with E-state index >= 15 is 0 Å². The largest absolute Gasteiger partial charge is 0.348 e. The fourth-order valence-corrected chi connectivity index (χ4v) is 3.07. The predicted octanol–water partition coefficient (Wildman–Crippen LogP) is 3.94. The zero-order valence-corrected chi connectivity index (χ0v) is 15.0. The molecule has 2 heterocycles. The van der Waals surface area contributed by atoms with Crippen LogP contribution in [-0.2, 0) is 6.54 Å². The van der Waals surface area contributed by atoms with Gasteiger partial charge in [0.15, 0.2) is 0 Å². The van der Waals surface area contributed by atoms with E-state index in [2.05, 4.69) is 15.3 Å². The molecule has 2 aromatic carbocycles. The number of halogens is 2. The normalized spacial score (nSPS) is 11.0. The van der Waals surface area contributed by atoms with E-state index in [0.29, 0.717) is 33.4 Å². The Balaban J connectivity index is 1.55. The first-order valence-electron chi connectivity index (χ1n) is 8.63. The van der Waals surface area contributed by atoms with Gasteiger partial charge in [-0.2, -0.15) is 0 Å². The monoisotopic (exact) mass is 378 g/mol. The molecule has 0 aliphatic carbocycles. The van der Waals surface area contributed by atoms with E-state index in [-0.39, 0.29) is 12.5 Å². The molecule has 0 saturated carbocycles. The van der Waals surface area contributed by atoms with E-state index in [1.54, 1.807) is 42.1 Å². The highest BCUT2D eigenvalue weighted by molar-refractivity contribution is 6.06. The highest BCUT2D eigenvalue weighted by Crippen LogP contribution is 2.20. The van der Waals surface area contributed by atoms with Gasteiger partial charge in [-0.1, -0.05) is 6.07 Å². The Morgan fingerprint density at radius 3 is 2.75 bits per heavy atom. The third kappa shape index (κ3) is 3.46. The number of imidazole rings is 1. The Hall–Kier alpha value is -3.61. The lowest BCUT2D eigenvalue weighted by Gasteiger charge is -2.10. The summed E-state index contributed by atoms with van der Waals surface area (Å²) in [4.78, 5) is 20.8. The summed E-state index contributed by atoms with van der Waals surface area (Å²) in [6, 6.07) is 10.5. The van der Waals surface area contributed by atoms with Gasteiger partial charge in [0, 0.05) is 36.1 Å². The molecular weight excluding hydrogens is 362 g/mol. The van der Waals surface area contributed by atoms with Crippen molar-refractivity contribution in [2.24, 2.45) is 0 Å². The maximum Gasteiger partial charge on any atom is 0.252 e. The topological polar surface area (TPSA) is 59.8 Å². The molecule has 0 saturated heterocycles. The second-order valence-electron chi connectivity index (χ2n) is 6.41. The number of benzene rings is 2. The highest BCUT2D eigenvalue weighted by Gasteiger charge is 2.13. The summed E-state index contributed by atoms with van der Waals surface area (Å²) in [5.74, 6) is -1.16. The lowest BCUT2D eigenvalue weighted by Crippen LogP contribution is -2.23. The molecule has 5 nitrogen and oxygen atoms in total. The molecule has 0 aliphatic heterocycles. The molecule has 0 atom stereocenters. The van der Waals surface area contributed by atoms with Crippen molar-refractivity contribution in [1.29, 1.82) is 0 Å². The summed E-state index contributed by atoms with van der Waals surface area (Å²) >= 11 is 0. The van der Waals surface area contributed by atoms with Crippen LogP contribution in [0.15, 0.2) is 61.2 Å². The SMILES string of the molecule is Cc1cc(C(=O)NCc2ccc(-n3ccnc3)c(F)c2)c2ccc(F)cc2n1. The number of aryl methyl sites for hydroxylation is 1. The standard InChI is InChI=1S/C21H16F2N4O/c1-13-8-17(16-4-3-15(22)10-19(16)26-13)21(28)25-11-14-2-5-20(18(23)9-14)27-7-6-24-12-27/h2-10,12H,11H2,1H3,(H,25,28). The number of rotatable bonds is 4. The molecule has 0 aliphatic rings. The van der Waals surface area contributed by atoms with E-state index in [1.807, 2.05) is 0 Å². The first-order valence-corrected chi connectivity index (χ1v) is 8.63. The van der Waals surface area contributed by atoms with Gasteiger partial charge in [-0.25, -0.2) is 13.8 Å². The van der Waals surface area contributed by atoms with Crippen LogP contribution in [0.25, 0.3) is 16.6 Å². The molecule has 4 aromatic rings. The number of fused-ring (bicyclic) bond motifs is 1. The van der Waals surface area contributed by atoms with Crippen LogP contribution in [0, 0.1) is 18.6 Å². The Morgan fingerprint density at radius 1 is 1.14 bits per heavy atom. The summed E-state index contributed by atoms with van der Waals surface area (Å²) in [5, 5.41) is 3.35. The minimum atomic E-state index is -0.412. The molecule has 7 heteroatoms. The molecule has 1 amide bonds. The summed E-state index contributed by atoms with van der Waals surface area (Å²) < 4.78 is 29.4. The number of amides is 1. The van der Waals surface area contributed by atoms with E-state index in [0.717, 1.165) is 0 Å². The molecule has 28 heavy (non-hydrogen) atoms. The Labute approximate surface area is 159 Å².